The number of carboxylic acid groups (broad SMARTS) is 1. The Bertz CT molecular complexity index is 899. The maximum Gasteiger partial charge on any atom is 0.324 e. The quantitative estimate of drug-likeness (QED) is 0.694. The standard InChI is InChI=1S/C17H17N5O2S2/c1-10-6-20-15(26-10)14-12(13-7-18-2-3-19-13)5-17(22-14,16(23)24)4-11-8-25-9-21-11/h2-3,6-9,12,14,22H,4-5H2,1H3,(H,23,24)/t12-,14-,17+/m1/s1. The summed E-state index contributed by atoms with van der Waals surface area (Å²) in [4.78, 5) is 30.7. The van der Waals surface area contributed by atoms with Crippen LogP contribution in [0.5, 0.6) is 0 Å². The summed E-state index contributed by atoms with van der Waals surface area (Å²) in [5, 5.41) is 16.2. The van der Waals surface area contributed by atoms with E-state index in [4.69, 9.17) is 0 Å². The van der Waals surface area contributed by atoms with Gasteiger partial charge in [0.25, 0.3) is 0 Å². The summed E-state index contributed by atoms with van der Waals surface area (Å²) in [6.07, 6.45) is 7.51. The minimum atomic E-state index is -1.11. The first-order chi connectivity index (χ1) is 12.6. The molecule has 1 saturated heterocycles. The molecule has 3 atom stereocenters. The Morgan fingerprint density at radius 1 is 1.35 bits per heavy atom. The van der Waals surface area contributed by atoms with E-state index in [1.54, 1.807) is 35.4 Å². The average molecular weight is 387 g/mol. The van der Waals surface area contributed by atoms with Gasteiger partial charge in [0.15, 0.2) is 0 Å². The first-order valence-electron chi connectivity index (χ1n) is 8.14. The van der Waals surface area contributed by atoms with Crippen LogP contribution in [0, 0.1) is 6.92 Å². The van der Waals surface area contributed by atoms with Crippen LogP contribution in [0.1, 0.15) is 39.7 Å². The number of aliphatic carboxylic acids is 1. The lowest BCUT2D eigenvalue weighted by Gasteiger charge is -2.24. The molecule has 4 rings (SSSR count). The molecule has 0 unspecified atom stereocenters. The fraction of sp³-hybridized carbons (Fsp3) is 0.353. The lowest BCUT2D eigenvalue weighted by molar-refractivity contribution is -0.144. The third-order valence-electron chi connectivity index (χ3n) is 4.65. The molecule has 0 aromatic carbocycles. The molecule has 1 aliphatic rings. The van der Waals surface area contributed by atoms with Crippen molar-refractivity contribution in [1.29, 1.82) is 0 Å². The Kier molecular flexibility index (Phi) is 4.51. The second kappa shape index (κ2) is 6.82. The summed E-state index contributed by atoms with van der Waals surface area (Å²) >= 11 is 3.04. The van der Waals surface area contributed by atoms with Crippen molar-refractivity contribution in [3.8, 4) is 0 Å². The number of carbonyl (C=O) groups is 1. The minimum absolute atomic E-state index is 0.121. The number of hydrogen-bond acceptors (Lipinski definition) is 8. The van der Waals surface area contributed by atoms with Crippen LogP contribution in [0.25, 0.3) is 0 Å². The van der Waals surface area contributed by atoms with E-state index in [1.807, 2.05) is 18.5 Å². The van der Waals surface area contributed by atoms with Crippen LogP contribution < -0.4 is 5.32 Å². The molecule has 0 radical (unpaired) electrons. The Morgan fingerprint density at radius 3 is 2.85 bits per heavy atom. The van der Waals surface area contributed by atoms with Gasteiger partial charge >= 0.3 is 5.97 Å². The third kappa shape index (κ3) is 3.13. The zero-order valence-electron chi connectivity index (χ0n) is 14.0. The molecular formula is C17H17N5O2S2. The molecule has 1 fully saturated rings. The number of aromatic nitrogens is 4. The van der Waals surface area contributed by atoms with E-state index < -0.39 is 11.5 Å². The van der Waals surface area contributed by atoms with E-state index in [0.29, 0.717) is 12.8 Å². The maximum absolute atomic E-state index is 12.3. The van der Waals surface area contributed by atoms with Gasteiger partial charge in [0.1, 0.15) is 10.5 Å². The van der Waals surface area contributed by atoms with Gasteiger partial charge in [0, 0.05) is 47.4 Å². The first kappa shape index (κ1) is 17.2. The summed E-state index contributed by atoms with van der Waals surface area (Å²) in [5.74, 6) is -1.00. The molecule has 0 spiro atoms. The van der Waals surface area contributed by atoms with Crippen molar-refractivity contribution in [2.75, 3.05) is 0 Å². The van der Waals surface area contributed by atoms with E-state index in [1.165, 1.54) is 11.3 Å². The van der Waals surface area contributed by atoms with Gasteiger partial charge in [-0.2, -0.15) is 0 Å². The molecule has 0 saturated carbocycles. The number of aryl methyl sites for hydroxylation is 1. The lowest BCUT2D eigenvalue weighted by Crippen LogP contribution is -2.50. The second-order valence-corrected chi connectivity index (χ2v) is 8.40. The van der Waals surface area contributed by atoms with E-state index in [2.05, 4.69) is 25.3 Å². The van der Waals surface area contributed by atoms with E-state index in [9.17, 15) is 9.90 Å². The van der Waals surface area contributed by atoms with Crippen LogP contribution in [-0.4, -0.2) is 36.6 Å². The fourth-order valence-corrected chi connectivity index (χ4v) is 4.91. The highest BCUT2D eigenvalue weighted by molar-refractivity contribution is 7.11. The predicted molar refractivity (Wildman–Crippen MR) is 98.3 cm³/mol. The molecule has 0 aliphatic carbocycles. The van der Waals surface area contributed by atoms with Gasteiger partial charge in [-0.15, -0.1) is 22.7 Å². The highest BCUT2D eigenvalue weighted by Gasteiger charge is 2.52. The smallest absolute Gasteiger partial charge is 0.324 e. The van der Waals surface area contributed by atoms with Gasteiger partial charge < -0.3 is 5.11 Å². The molecule has 0 amide bonds. The van der Waals surface area contributed by atoms with Gasteiger partial charge in [-0.25, -0.2) is 9.97 Å². The molecule has 0 bridgehead atoms. The second-order valence-electron chi connectivity index (χ2n) is 6.42. The number of thiazole rings is 2. The Morgan fingerprint density at radius 2 is 2.23 bits per heavy atom. The van der Waals surface area contributed by atoms with Crippen molar-refractivity contribution in [3.63, 3.8) is 0 Å². The fourth-order valence-electron chi connectivity index (χ4n) is 3.46. The Labute approximate surface area is 158 Å². The van der Waals surface area contributed by atoms with Gasteiger partial charge in [0.2, 0.25) is 0 Å². The minimum Gasteiger partial charge on any atom is -0.480 e. The number of nitrogens with zero attached hydrogens (tertiary/aromatic N) is 4. The van der Waals surface area contributed by atoms with Crippen LogP contribution in [0.4, 0.5) is 0 Å². The molecular weight excluding hydrogens is 370 g/mol. The summed E-state index contributed by atoms with van der Waals surface area (Å²) in [6, 6.07) is -0.222. The molecule has 4 heterocycles. The lowest BCUT2D eigenvalue weighted by atomic mass is 9.86. The van der Waals surface area contributed by atoms with Crippen molar-refractivity contribution in [2.45, 2.75) is 37.3 Å². The summed E-state index contributed by atoms with van der Waals surface area (Å²) in [6.45, 7) is 1.99. The van der Waals surface area contributed by atoms with E-state index in [-0.39, 0.29) is 12.0 Å². The summed E-state index contributed by atoms with van der Waals surface area (Å²) in [5.41, 5.74) is 2.17. The zero-order chi connectivity index (χ0) is 18.1. The SMILES string of the molecule is Cc1cnc([C@@H]2N[C@](Cc3cscn3)(C(=O)O)C[C@@H]2c2cnccn2)s1. The third-order valence-corrected chi connectivity index (χ3v) is 6.28. The Hall–Kier alpha value is -2.23. The van der Waals surface area contributed by atoms with Crippen LogP contribution >= 0.6 is 22.7 Å². The van der Waals surface area contributed by atoms with E-state index in [0.717, 1.165) is 21.3 Å². The van der Waals surface area contributed by atoms with Crippen molar-refractivity contribution in [1.82, 2.24) is 25.3 Å². The molecule has 9 heteroatoms. The maximum atomic E-state index is 12.3. The number of carboxylic acids is 1. The van der Waals surface area contributed by atoms with Crippen molar-refractivity contribution >= 4 is 28.6 Å². The monoisotopic (exact) mass is 387 g/mol. The highest BCUT2D eigenvalue weighted by atomic mass is 32.1. The topological polar surface area (TPSA) is 101 Å². The van der Waals surface area contributed by atoms with Crippen molar-refractivity contribution in [2.24, 2.45) is 0 Å². The van der Waals surface area contributed by atoms with Gasteiger partial charge in [-0.3, -0.25) is 20.1 Å². The van der Waals surface area contributed by atoms with Crippen LogP contribution in [0.3, 0.4) is 0 Å². The molecule has 3 aromatic rings. The van der Waals surface area contributed by atoms with Crippen molar-refractivity contribution < 1.29 is 9.90 Å². The van der Waals surface area contributed by atoms with Gasteiger partial charge in [0.05, 0.1) is 22.9 Å². The summed E-state index contributed by atoms with van der Waals surface area (Å²) < 4.78 is 0. The number of rotatable bonds is 5. The molecule has 2 N–H and O–H groups in total. The average Bonchev–Trinajstić information content (AvgIpc) is 3.36. The summed E-state index contributed by atoms with van der Waals surface area (Å²) in [7, 11) is 0. The molecule has 1 aliphatic heterocycles. The predicted octanol–water partition coefficient (Wildman–Crippen LogP) is 2.58. The number of nitrogens with one attached hydrogen (secondary N) is 1. The Balaban J connectivity index is 1.74. The molecule has 3 aromatic heterocycles. The zero-order valence-corrected chi connectivity index (χ0v) is 15.6. The number of hydrogen-bond donors (Lipinski definition) is 2. The van der Waals surface area contributed by atoms with E-state index >= 15 is 0 Å². The van der Waals surface area contributed by atoms with Crippen LogP contribution in [-0.2, 0) is 11.2 Å². The largest absolute Gasteiger partial charge is 0.480 e. The molecule has 134 valence electrons. The van der Waals surface area contributed by atoms with Gasteiger partial charge in [-0.05, 0) is 13.3 Å². The molecule has 26 heavy (non-hydrogen) atoms. The molecule has 7 nitrogen and oxygen atoms in total. The first-order valence-corrected chi connectivity index (χ1v) is 9.90. The highest BCUT2D eigenvalue weighted by Crippen LogP contribution is 2.45. The van der Waals surface area contributed by atoms with Crippen LogP contribution in [0.15, 0.2) is 35.7 Å². The normalized spacial score (nSPS) is 25.4. The van der Waals surface area contributed by atoms with Crippen LogP contribution in [0.2, 0.25) is 0 Å². The van der Waals surface area contributed by atoms with Crippen molar-refractivity contribution in [3.05, 3.63) is 57.0 Å². The van der Waals surface area contributed by atoms with Gasteiger partial charge in [-0.1, -0.05) is 0 Å².